The standard InChI is InChI=1S/C12H12N2O4S/c1-6-7(11(16)17)3-2-4-8(6)13-10(15)9-5-19-12(18)14-9/h2-4,9H,5H2,1H3,(H,13,15)(H,14,18)(H,16,17). The van der Waals surface area contributed by atoms with Gasteiger partial charge in [-0.2, -0.15) is 0 Å². The lowest BCUT2D eigenvalue weighted by molar-refractivity contribution is -0.117. The van der Waals surface area contributed by atoms with Crippen LogP contribution in [-0.2, 0) is 4.79 Å². The Morgan fingerprint density at radius 1 is 1.47 bits per heavy atom. The molecular formula is C12H12N2O4S. The number of hydrogen-bond donors (Lipinski definition) is 3. The number of carboxylic acids is 1. The van der Waals surface area contributed by atoms with Gasteiger partial charge in [0.05, 0.1) is 5.56 Å². The van der Waals surface area contributed by atoms with Gasteiger partial charge in [-0.3, -0.25) is 9.59 Å². The predicted molar refractivity (Wildman–Crippen MR) is 71.5 cm³/mol. The van der Waals surface area contributed by atoms with E-state index >= 15 is 0 Å². The third-order valence-electron chi connectivity index (χ3n) is 2.81. The van der Waals surface area contributed by atoms with E-state index in [4.69, 9.17) is 5.11 Å². The Bertz CT molecular complexity index is 559. The first-order valence-corrected chi connectivity index (χ1v) is 6.54. The third kappa shape index (κ3) is 2.87. The summed E-state index contributed by atoms with van der Waals surface area (Å²) < 4.78 is 0. The number of nitrogens with one attached hydrogen (secondary N) is 2. The zero-order valence-electron chi connectivity index (χ0n) is 10.1. The second-order valence-electron chi connectivity index (χ2n) is 4.07. The molecule has 0 aliphatic carbocycles. The molecule has 6 nitrogen and oxygen atoms in total. The van der Waals surface area contributed by atoms with Crippen molar-refractivity contribution in [2.45, 2.75) is 13.0 Å². The van der Waals surface area contributed by atoms with Crippen molar-refractivity contribution in [3.63, 3.8) is 0 Å². The van der Waals surface area contributed by atoms with Gasteiger partial charge in [-0.05, 0) is 24.6 Å². The Morgan fingerprint density at radius 2 is 2.21 bits per heavy atom. The Kier molecular flexibility index (Phi) is 3.75. The molecule has 1 atom stereocenters. The highest BCUT2D eigenvalue weighted by Gasteiger charge is 2.28. The summed E-state index contributed by atoms with van der Waals surface area (Å²) in [6.07, 6.45) is 0. The molecule has 0 aromatic heterocycles. The van der Waals surface area contributed by atoms with E-state index in [0.717, 1.165) is 11.8 Å². The van der Waals surface area contributed by atoms with Crippen molar-refractivity contribution in [3.05, 3.63) is 29.3 Å². The van der Waals surface area contributed by atoms with Crippen LogP contribution in [0, 0.1) is 6.92 Å². The number of anilines is 1. The third-order valence-corrected chi connectivity index (χ3v) is 3.69. The summed E-state index contributed by atoms with van der Waals surface area (Å²) in [6.45, 7) is 1.63. The first-order valence-electron chi connectivity index (χ1n) is 5.56. The summed E-state index contributed by atoms with van der Waals surface area (Å²) in [4.78, 5) is 33.9. The molecule has 0 saturated carbocycles. The molecule has 1 heterocycles. The maximum atomic E-state index is 11.9. The lowest BCUT2D eigenvalue weighted by Gasteiger charge is -2.13. The number of carbonyl (C=O) groups excluding carboxylic acids is 2. The van der Waals surface area contributed by atoms with Gasteiger partial charge >= 0.3 is 5.97 Å². The minimum absolute atomic E-state index is 0.141. The summed E-state index contributed by atoms with van der Waals surface area (Å²) >= 11 is 1.05. The number of thioether (sulfide) groups is 1. The zero-order valence-corrected chi connectivity index (χ0v) is 10.9. The summed E-state index contributed by atoms with van der Waals surface area (Å²) in [5.41, 5.74) is 1.07. The van der Waals surface area contributed by atoms with E-state index in [9.17, 15) is 14.4 Å². The first-order chi connectivity index (χ1) is 8.99. The van der Waals surface area contributed by atoms with Crippen LogP contribution < -0.4 is 10.6 Å². The van der Waals surface area contributed by atoms with Crippen LogP contribution in [0.5, 0.6) is 0 Å². The highest BCUT2D eigenvalue weighted by atomic mass is 32.2. The average molecular weight is 280 g/mol. The van der Waals surface area contributed by atoms with Gasteiger partial charge in [0.15, 0.2) is 0 Å². The second kappa shape index (κ2) is 5.31. The monoisotopic (exact) mass is 280 g/mol. The lowest BCUT2D eigenvalue weighted by atomic mass is 10.1. The van der Waals surface area contributed by atoms with Crippen molar-refractivity contribution >= 4 is 34.6 Å². The number of hydrogen-bond acceptors (Lipinski definition) is 4. The highest BCUT2D eigenvalue weighted by molar-refractivity contribution is 8.14. The number of aromatic carboxylic acids is 1. The van der Waals surface area contributed by atoms with Gasteiger partial charge in [0, 0.05) is 11.4 Å². The van der Waals surface area contributed by atoms with Gasteiger partial charge < -0.3 is 15.7 Å². The van der Waals surface area contributed by atoms with Gasteiger partial charge in [0.2, 0.25) is 5.91 Å². The molecule has 1 aromatic carbocycles. The average Bonchev–Trinajstić information content (AvgIpc) is 2.78. The zero-order chi connectivity index (χ0) is 14.0. The molecule has 100 valence electrons. The molecule has 1 saturated heterocycles. The van der Waals surface area contributed by atoms with E-state index in [-0.39, 0.29) is 16.7 Å². The Morgan fingerprint density at radius 3 is 2.79 bits per heavy atom. The fourth-order valence-electron chi connectivity index (χ4n) is 1.75. The van der Waals surface area contributed by atoms with Gasteiger partial charge in [-0.1, -0.05) is 17.8 Å². The second-order valence-corrected chi connectivity index (χ2v) is 5.06. The fourth-order valence-corrected chi connectivity index (χ4v) is 2.53. The molecule has 0 spiro atoms. The maximum Gasteiger partial charge on any atom is 0.336 e. The topological polar surface area (TPSA) is 95.5 Å². The summed E-state index contributed by atoms with van der Waals surface area (Å²) in [5.74, 6) is -1.01. The number of rotatable bonds is 3. The molecule has 0 radical (unpaired) electrons. The van der Waals surface area contributed by atoms with Crippen LogP contribution in [0.4, 0.5) is 10.5 Å². The number of carboxylic acid groups (broad SMARTS) is 1. The number of benzene rings is 1. The highest BCUT2D eigenvalue weighted by Crippen LogP contribution is 2.20. The quantitative estimate of drug-likeness (QED) is 0.779. The molecule has 3 N–H and O–H groups in total. The summed E-state index contributed by atoms with van der Waals surface area (Å²) in [6, 6.07) is 4.09. The lowest BCUT2D eigenvalue weighted by Crippen LogP contribution is -2.38. The van der Waals surface area contributed by atoms with Gasteiger partial charge in [0.25, 0.3) is 5.24 Å². The van der Waals surface area contributed by atoms with E-state index in [2.05, 4.69) is 10.6 Å². The summed E-state index contributed by atoms with van der Waals surface area (Å²) in [7, 11) is 0. The Hall–Kier alpha value is -2.02. The fraction of sp³-hybridized carbons (Fsp3) is 0.250. The molecule has 1 aliphatic heterocycles. The number of carbonyl (C=O) groups is 3. The minimum atomic E-state index is -1.04. The molecule has 2 amide bonds. The SMILES string of the molecule is Cc1c(NC(=O)C2CSC(=O)N2)cccc1C(=O)O. The van der Waals surface area contributed by atoms with Crippen LogP contribution in [0.1, 0.15) is 15.9 Å². The molecule has 1 aliphatic rings. The van der Waals surface area contributed by atoms with Crippen LogP contribution in [0.15, 0.2) is 18.2 Å². The van der Waals surface area contributed by atoms with E-state index in [1.807, 2.05) is 0 Å². The van der Waals surface area contributed by atoms with E-state index < -0.39 is 12.0 Å². The van der Waals surface area contributed by atoms with Gasteiger partial charge in [-0.25, -0.2) is 4.79 Å². The van der Waals surface area contributed by atoms with Gasteiger partial charge in [0.1, 0.15) is 6.04 Å². The molecular weight excluding hydrogens is 268 g/mol. The summed E-state index contributed by atoms with van der Waals surface area (Å²) in [5, 5.41) is 13.9. The number of amides is 2. The minimum Gasteiger partial charge on any atom is -0.478 e. The van der Waals surface area contributed by atoms with Crippen molar-refractivity contribution in [1.29, 1.82) is 0 Å². The molecule has 0 bridgehead atoms. The van der Waals surface area contributed by atoms with Crippen molar-refractivity contribution in [2.24, 2.45) is 0 Å². The first kappa shape index (κ1) is 13.4. The van der Waals surface area contributed by atoms with Gasteiger partial charge in [-0.15, -0.1) is 0 Å². The van der Waals surface area contributed by atoms with E-state index in [1.54, 1.807) is 19.1 Å². The van der Waals surface area contributed by atoms with E-state index in [1.165, 1.54) is 6.07 Å². The molecule has 1 unspecified atom stereocenters. The van der Waals surface area contributed by atoms with Crippen molar-refractivity contribution < 1.29 is 19.5 Å². The maximum absolute atomic E-state index is 11.9. The Balaban J connectivity index is 2.15. The van der Waals surface area contributed by atoms with Crippen LogP contribution in [0.25, 0.3) is 0 Å². The van der Waals surface area contributed by atoms with Crippen molar-refractivity contribution in [3.8, 4) is 0 Å². The normalized spacial score (nSPS) is 17.9. The molecule has 19 heavy (non-hydrogen) atoms. The smallest absolute Gasteiger partial charge is 0.336 e. The molecule has 1 aromatic rings. The molecule has 7 heteroatoms. The largest absolute Gasteiger partial charge is 0.478 e. The van der Waals surface area contributed by atoms with Crippen LogP contribution in [0.2, 0.25) is 0 Å². The predicted octanol–water partition coefficient (Wildman–Crippen LogP) is 1.46. The van der Waals surface area contributed by atoms with E-state index in [0.29, 0.717) is 17.0 Å². The van der Waals surface area contributed by atoms with Crippen molar-refractivity contribution in [1.82, 2.24) is 5.32 Å². The molecule has 2 rings (SSSR count). The van der Waals surface area contributed by atoms with Crippen LogP contribution in [0.3, 0.4) is 0 Å². The Labute approximate surface area is 113 Å². The van der Waals surface area contributed by atoms with Crippen LogP contribution in [-0.4, -0.2) is 34.0 Å². The van der Waals surface area contributed by atoms with Crippen molar-refractivity contribution in [2.75, 3.05) is 11.1 Å². The van der Waals surface area contributed by atoms with Crippen LogP contribution >= 0.6 is 11.8 Å². The molecule has 1 fully saturated rings.